The molecule has 0 N–H and O–H groups in total. The summed E-state index contributed by atoms with van der Waals surface area (Å²) in [6.07, 6.45) is -4.28. The maximum Gasteiger partial charge on any atom is 0.416 e. The number of nitrogens with zero attached hydrogens (tertiary/aromatic N) is 3. The van der Waals surface area contributed by atoms with Crippen LogP contribution in [-0.4, -0.2) is 47.4 Å². The van der Waals surface area contributed by atoms with E-state index in [-0.39, 0.29) is 12.3 Å². The van der Waals surface area contributed by atoms with Crippen molar-refractivity contribution in [3.63, 3.8) is 0 Å². The van der Waals surface area contributed by atoms with Gasteiger partial charge in [0.15, 0.2) is 0 Å². The zero-order chi connectivity index (χ0) is 21.8. The van der Waals surface area contributed by atoms with E-state index in [0.29, 0.717) is 42.7 Å². The van der Waals surface area contributed by atoms with E-state index in [4.69, 9.17) is 4.74 Å². The van der Waals surface area contributed by atoms with E-state index in [9.17, 15) is 18.0 Å². The quantitative estimate of drug-likeness (QED) is 0.655. The highest BCUT2D eigenvalue weighted by Gasteiger charge is 2.31. The number of methoxy groups -OCH3 is 1. The van der Waals surface area contributed by atoms with Crippen molar-refractivity contribution in [3.05, 3.63) is 46.8 Å². The monoisotopic (exact) mass is 411 g/mol. The summed E-state index contributed by atoms with van der Waals surface area (Å²) in [5.74, 6) is 0.261. The van der Waals surface area contributed by atoms with Crippen molar-refractivity contribution in [1.82, 2.24) is 14.7 Å². The molecule has 0 aliphatic rings. The van der Waals surface area contributed by atoms with Gasteiger partial charge in [-0.1, -0.05) is 19.9 Å². The molecular formula is C21H28F3N3O2. The Kier molecular flexibility index (Phi) is 7.46. The number of rotatable bonds is 8. The van der Waals surface area contributed by atoms with Crippen LogP contribution < -0.4 is 0 Å². The molecule has 0 saturated heterocycles. The molecule has 0 fully saturated rings. The Balaban J connectivity index is 2.30. The summed E-state index contributed by atoms with van der Waals surface area (Å²) in [4.78, 5) is 14.6. The van der Waals surface area contributed by atoms with Gasteiger partial charge >= 0.3 is 6.18 Å². The van der Waals surface area contributed by atoms with Crippen LogP contribution in [0.2, 0.25) is 0 Å². The highest BCUT2D eigenvalue weighted by atomic mass is 19.4. The van der Waals surface area contributed by atoms with Crippen molar-refractivity contribution >= 4 is 5.91 Å². The Bertz CT molecular complexity index is 844. The number of amides is 1. The van der Waals surface area contributed by atoms with Crippen molar-refractivity contribution in [2.45, 2.75) is 40.3 Å². The topological polar surface area (TPSA) is 47.4 Å². The van der Waals surface area contributed by atoms with Gasteiger partial charge in [0.25, 0.3) is 0 Å². The van der Waals surface area contributed by atoms with Gasteiger partial charge in [0, 0.05) is 31.5 Å². The maximum atomic E-state index is 13.0. The minimum absolute atomic E-state index is 0.0504. The Morgan fingerprint density at radius 1 is 1.28 bits per heavy atom. The fraction of sp³-hybridized carbons (Fsp3) is 0.524. The molecule has 0 spiro atoms. The van der Waals surface area contributed by atoms with Crippen molar-refractivity contribution in [2.24, 2.45) is 5.92 Å². The second-order valence-corrected chi connectivity index (χ2v) is 7.51. The lowest BCUT2D eigenvalue weighted by Gasteiger charge is -2.24. The van der Waals surface area contributed by atoms with Crippen molar-refractivity contribution in [2.75, 3.05) is 26.8 Å². The largest absolute Gasteiger partial charge is 0.416 e. The van der Waals surface area contributed by atoms with Gasteiger partial charge in [0.05, 0.1) is 30.0 Å². The summed E-state index contributed by atoms with van der Waals surface area (Å²) < 4.78 is 45.7. The number of carbonyl (C=O) groups is 1. The van der Waals surface area contributed by atoms with Gasteiger partial charge in [-0.15, -0.1) is 0 Å². The third kappa shape index (κ3) is 5.82. The molecule has 0 unspecified atom stereocenters. The van der Waals surface area contributed by atoms with E-state index >= 15 is 0 Å². The molecule has 2 aromatic rings. The fourth-order valence-electron chi connectivity index (χ4n) is 3.22. The first-order chi connectivity index (χ1) is 13.5. The molecule has 8 heteroatoms. The standard InChI is InChI=1S/C21H28F3N3O2/c1-14(2)13-26(9-10-29-5)20(28)12-19-15(3)25-27(16(19)4)18-8-6-7-17(11-18)21(22,23)24/h6-8,11,14H,9-10,12-13H2,1-5H3. The van der Waals surface area contributed by atoms with Gasteiger partial charge in [-0.2, -0.15) is 18.3 Å². The predicted octanol–water partition coefficient (Wildman–Crippen LogP) is 4.18. The van der Waals surface area contributed by atoms with Crippen LogP contribution in [0.4, 0.5) is 13.2 Å². The van der Waals surface area contributed by atoms with Crippen molar-refractivity contribution in [1.29, 1.82) is 0 Å². The first-order valence-electron chi connectivity index (χ1n) is 9.54. The number of halogens is 3. The molecule has 0 atom stereocenters. The smallest absolute Gasteiger partial charge is 0.383 e. The summed E-state index contributed by atoms with van der Waals surface area (Å²) in [7, 11) is 1.59. The minimum Gasteiger partial charge on any atom is -0.383 e. The molecule has 0 bridgehead atoms. The summed E-state index contributed by atoms with van der Waals surface area (Å²) in [6.45, 7) is 9.16. The van der Waals surface area contributed by atoms with Crippen LogP contribution in [0.15, 0.2) is 24.3 Å². The Hall–Kier alpha value is -2.35. The molecule has 1 aromatic heterocycles. The molecule has 1 heterocycles. The van der Waals surface area contributed by atoms with Gasteiger partial charge in [-0.05, 0) is 38.0 Å². The second-order valence-electron chi connectivity index (χ2n) is 7.51. The van der Waals surface area contributed by atoms with Crippen LogP contribution in [0.3, 0.4) is 0 Å². The molecule has 0 aliphatic heterocycles. The number of benzene rings is 1. The zero-order valence-electron chi connectivity index (χ0n) is 17.5. The van der Waals surface area contributed by atoms with E-state index in [2.05, 4.69) is 5.10 Å². The summed E-state index contributed by atoms with van der Waals surface area (Å²) in [5.41, 5.74) is 1.61. The molecule has 160 valence electrons. The number of aromatic nitrogens is 2. The van der Waals surface area contributed by atoms with Crippen molar-refractivity contribution in [3.8, 4) is 5.69 Å². The molecular weight excluding hydrogens is 383 g/mol. The molecule has 0 saturated carbocycles. The number of ether oxygens (including phenoxy) is 1. The van der Waals surface area contributed by atoms with Crippen molar-refractivity contribution < 1.29 is 22.7 Å². The second kappa shape index (κ2) is 9.43. The summed E-state index contributed by atoms with van der Waals surface area (Å²) in [6, 6.07) is 5.02. The van der Waals surface area contributed by atoms with E-state index < -0.39 is 11.7 Å². The van der Waals surface area contributed by atoms with E-state index in [1.807, 2.05) is 13.8 Å². The zero-order valence-corrected chi connectivity index (χ0v) is 17.5. The average molecular weight is 411 g/mol. The molecule has 1 aromatic carbocycles. The highest BCUT2D eigenvalue weighted by molar-refractivity contribution is 5.79. The average Bonchev–Trinajstić information content (AvgIpc) is 2.92. The lowest BCUT2D eigenvalue weighted by Crippen LogP contribution is -2.37. The minimum atomic E-state index is -4.43. The van der Waals surface area contributed by atoms with Crippen LogP contribution in [0.5, 0.6) is 0 Å². The van der Waals surface area contributed by atoms with Crippen LogP contribution in [0.1, 0.15) is 36.4 Å². The van der Waals surface area contributed by atoms with Crippen LogP contribution >= 0.6 is 0 Å². The number of carbonyl (C=O) groups excluding carboxylic acids is 1. The summed E-state index contributed by atoms with van der Waals surface area (Å²) in [5, 5.41) is 4.39. The molecule has 2 rings (SSSR count). The van der Waals surface area contributed by atoms with Crippen LogP contribution in [0.25, 0.3) is 5.69 Å². The van der Waals surface area contributed by atoms with Gasteiger partial charge in [-0.25, -0.2) is 4.68 Å². The summed E-state index contributed by atoms with van der Waals surface area (Å²) >= 11 is 0. The van der Waals surface area contributed by atoms with Gasteiger partial charge in [-0.3, -0.25) is 4.79 Å². The highest BCUT2D eigenvalue weighted by Crippen LogP contribution is 2.31. The maximum absolute atomic E-state index is 13.0. The number of hydrogen-bond donors (Lipinski definition) is 0. The molecule has 5 nitrogen and oxygen atoms in total. The van der Waals surface area contributed by atoms with E-state index in [1.54, 1.807) is 31.9 Å². The number of alkyl halides is 3. The molecule has 0 radical (unpaired) electrons. The molecule has 29 heavy (non-hydrogen) atoms. The van der Waals surface area contributed by atoms with Gasteiger partial charge in [0.2, 0.25) is 5.91 Å². The Labute approximate surface area is 169 Å². The number of hydrogen-bond acceptors (Lipinski definition) is 3. The Morgan fingerprint density at radius 3 is 2.55 bits per heavy atom. The Morgan fingerprint density at radius 2 is 1.97 bits per heavy atom. The van der Waals surface area contributed by atoms with E-state index in [0.717, 1.165) is 17.7 Å². The van der Waals surface area contributed by atoms with E-state index in [1.165, 1.54) is 10.7 Å². The third-order valence-corrected chi connectivity index (χ3v) is 4.69. The SMILES string of the molecule is COCCN(CC(C)C)C(=O)Cc1c(C)nn(-c2cccc(C(F)(F)F)c2)c1C. The van der Waals surface area contributed by atoms with Gasteiger partial charge < -0.3 is 9.64 Å². The number of aryl methyl sites for hydroxylation is 1. The normalized spacial score (nSPS) is 11.9. The first-order valence-corrected chi connectivity index (χ1v) is 9.54. The lowest BCUT2D eigenvalue weighted by atomic mass is 10.1. The van der Waals surface area contributed by atoms with Gasteiger partial charge in [0.1, 0.15) is 0 Å². The lowest BCUT2D eigenvalue weighted by molar-refractivity contribution is -0.137. The third-order valence-electron chi connectivity index (χ3n) is 4.69. The van der Waals surface area contributed by atoms with Crippen LogP contribution in [-0.2, 0) is 22.1 Å². The predicted molar refractivity (Wildman–Crippen MR) is 105 cm³/mol. The first kappa shape index (κ1) is 22.9. The fourth-order valence-corrected chi connectivity index (χ4v) is 3.22. The van der Waals surface area contributed by atoms with Crippen LogP contribution in [0, 0.1) is 19.8 Å². The molecule has 0 aliphatic carbocycles. The molecule has 1 amide bonds.